The number of fused-ring (bicyclic) bond motifs is 1. The monoisotopic (exact) mass is 293 g/mol. The van der Waals surface area contributed by atoms with Crippen LogP contribution in [-0.2, 0) is 16.0 Å². The fourth-order valence-corrected chi connectivity index (χ4v) is 3.50. The number of aliphatic carboxylic acids is 1. The Hall–Kier alpha value is -1.49. The fraction of sp³-hybridized carbons (Fsp3) is 0.467. The van der Waals surface area contributed by atoms with Crippen LogP contribution in [0, 0.1) is 0 Å². The highest BCUT2D eigenvalue weighted by Crippen LogP contribution is 2.36. The summed E-state index contributed by atoms with van der Waals surface area (Å²) in [5.41, 5.74) is 1.23. The fourth-order valence-electron chi connectivity index (χ4n) is 2.30. The Kier molecular flexibility index (Phi) is 5.06. The van der Waals surface area contributed by atoms with Gasteiger partial charge in [-0.05, 0) is 37.8 Å². The maximum Gasteiger partial charge on any atom is 0.303 e. The zero-order valence-electron chi connectivity index (χ0n) is 11.5. The molecule has 0 spiro atoms. The van der Waals surface area contributed by atoms with Gasteiger partial charge in [-0.1, -0.05) is 18.2 Å². The molecule has 2 unspecified atom stereocenters. The Morgan fingerprint density at radius 1 is 1.45 bits per heavy atom. The summed E-state index contributed by atoms with van der Waals surface area (Å²) in [6.07, 6.45) is 2.22. The lowest BCUT2D eigenvalue weighted by Crippen LogP contribution is -2.38. The first-order valence-corrected chi connectivity index (χ1v) is 7.71. The summed E-state index contributed by atoms with van der Waals surface area (Å²) >= 11 is 1.61. The third-order valence-electron chi connectivity index (χ3n) is 3.36. The topological polar surface area (TPSA) is 66.4 Å². The van der Waals surface area contributed by atoms with Gasteiger partial charge in [0.2, 0.25) is 5.91 Å². The van der Waals surface area contributed by atoms with Crippen molar-refractivity contribution in [1.29, 1.82) is 0 Å². The predicted molar refractivity (Wildman–Crippen MR) is 78.9 cm³/mol. The number of carbonyl (C=O) groups is 2. The molecule has 1 aromatic rings. The van der Waals surface area contributed by atoms with Gasteiger partial charge in [-0.3, -0.25) is 9.59 Å². The second-order valence-electron chi connectivity index (χ2n) is 5.11. The Labute approximate surface area is 123 Å². The maximum atomic E-state index is 12.2. The number of benzene rings is 1. The van der Waals surface area contributed by atoms with Crippen LogP contribution in [0.25, 0.3) is 0 Å². The number of thioether (sulfide) groups is 1. The van der Waals surface area contributed by atoms with Gasteiger partial charge in [-0.2, -0.15) is 0 Å². The molecule has 1 aliphatic heterocycles. The van der Waals surface area contributed by atoms with Crippen LogP contribution in [0.4, 0.5) is 0 Å². The van der Waals surface area contributed by atoms with Crippen molar-refractivity contribution in [1.82, 2.24) is 5.32 Å². The van der Waals surface area contributed by atoms with Crippen molar-refractivity contribution in [2.45, 2.75) is 48.8 Å². The second-order valence-corrected chi connectivity index (χ2v) is 6.36. The minimum atomic E-state index is -0.787. The highest BCUT2D eigenvalue weighted by Gasteiger charge is 2.28. The van der Waals surface area contributed by atoms with Crippen molar-refractivity contribution in [2.75, 3.05) is 0 Å². The van der Waals surface area contributed by atoms with Gasteiger partial charge in [0.25, 0.3) is 0 Å². The molecule has 20 heavy (non-hydrogen) atoms. The summed E-state index contributed by atoms with van der Waals surface area (Å²) in [5.74, 6) is -0.737. The minimum Gasteiger partial charge on any atom is -0.481 e. The average Bonchev–Trinajstić information content (AvgIpc) is 2.82. The SMILES string of the molecule is CC(CCCC(=O)O)NC(=O)C1Cc2ccccc2S1. The molecule has 1 heterocycles. The first-order chi connectivity index (χ1) is 9.56. The van der Waals surface area contributed by atoms with E-state index in [4.69, 9.17) is 5.11 Å². The molecular weight excluding hydrogens is 274 g/mol. The molecule has 0 fully saturated rings. The molecule has 1 aliphatic rings. The van der Waals surface area contributed by atoms with Crippen molar-refractivity contribution < 1.29 is 14.7 Å². The lowest BCUT2D eigenvalue weighted by atomic mass is 10.1. The van der Waals surface area contributed by atoms with Crippen LogP contribution >= 0.6 is 11.8 Å². The molecular formula is C15H19NO3S. The lowest BCUT2D eigenvalue weighted by Gasteiger charge is -2.16. The van der Waals surface area contributed by atoms with E-state index in [0.717, 1.165) is 6.42 Å². The van der Waals surface area contributed by atoms with Crippen LogP contribution in [-0.4, -0.2) is 28.3 Å². The summed E-state index contributed by atoms with van der Waals surface area (Å²) in [6.45, 7) is 1.92. The van der Waals surface area contributed by atoms with E-state index in [9.17, 15) is 9.59 Å². The number of hydrogen-bond acceptors (Lipinski definition) is 3. The zero-order chi connectivity index (χ0) is 14.5. The number of rotatable bonds is 6. The van der Waals surface area contributed by atoms with E-state index in [1.165, 1.54) is 10.5 Å². The third kappa shape index (κ3) is 4.00. The molecule has 1 aromatic carbocycles. The standard InChI is InChI=1S/C15H19NO3S/c1-10(5-4-8-14(17)18)16-15(19)13-9-11-6-2-3-7-12(11)20-13/h2-3,6-7,10,13H,4-5,8-9H2,1H3,(H,16,19)(H,17,18). The van der Waals surface area contributed by atoms with Crippen molar-refractivity contribution in [3.05, 3.63) is 29.8 Å². The van der Waals surface area contributed by atoms with Gasteiger partial charge in [0.05, 0.1) is 5.25 Å². The van der Waals surface area contributed by atoms with E-state index in [1.54, 1.807) is 11.8 Å². The smallest absolute Gasteiger partial charge is 0.303 e. The molecule has 1 amide bonds. The molecule has 2 rings (SSSR count). The van der Waals surface area contributed by atoms with Gasteiger partial charge < -0.3 is 10.4 Å². The Balaban J connectivity index is 1.77. The number of amides is 1. The number of hydrogen-bond donors (Lipinski definition) is 2. The van der Waals surface area contributed by atoms with E-state index in [-0.39, 0.29) is 23.6 Å². The molecule has 0 saturated carbocycles. The van der Waals surface area contributed by atoms with Crippen LogP contribution < -0.4 is 5.32 Å². The molecule has 2 atom stereocenters. The third-order valence-corrected chi connectivity index (χ3v) is 4.67. The summed E-state index contributed by atoms with van der Waals surface area (Å²) in [6, 6.07) is 8.11. The summed E-state index contributed by atoms with van der Waals surface area (Å²) in [7, 11) is 0. The van der Waals surface area contributed by atoms with Crippen LogP contribution in [0.3, 0.4) is 0 Å². The van der Waals surface area contributed by atoms with Crippen LogP contribution in [0.1, 0.15) is 31.7 Å². The number of carboxylic acid groups (broad SMARTS) is 1. The number of carbonyl (C=O) groups excluding carboxylic acids is 1. The van der Waals surface area contributed by atoms with E-state index in [0.29, 0.717) is 12.8 Å². The highest BCUT2D eigenvalue weighted by atomic mass is 32.2. The van der Waals surface area contributed by atoms with Gasteiger partial charge in [-0.25, -0.2) is 0 Å². The Morgan fingerprint density at radius 2 is 2.20 bits per heavy atom. The Bertz CT molecular complexity index is 479. The van der Waals surface area contributed by atoms with Gasteiger partial charge >= 0.3 is 5.97 Å². The van der Waals surface area contributed by atoms with E-state index in [1.807, 2.05) is 25.1 Å². The minimum absolute atomic E-state index is 0.0196. The van der Waals surface area contributed by atoms with E-state index >= 15 is 0 Å². The normalized spacial score (nSPS) is 18.4. The van der Waals surface area contributed by atoms with E-state index < -0.39 is 5.97 Å². The summed E-state index contributed by atoms with van der Waals surface area (Å²) in [4.78, 5) is 23.8. The molecule has 108 valence electrons. The van der Waals surface area contributed by atoms with Crippen molar-refractivity contribution in [3.8, 4) is 0 Å². The summed E-state index contributed by atoms with van der Waals surface area (Å²) < 4.78 is 0. The number of carboxylic acids is 1. The van der Waals surface area contributed by atoms with Crippen LogP contribution in [0.15, 0.2) is 29.2 Å². The molecule has 0 radical (unpaired) electrons. The number of nitrogens with one attached hydrogen (secondary N) is 1. The first kappa shape index (κ1) is 14.9. The van der Waals surface area contributed by atoms with Gasteiger partial charge in [0.15, 0.2) is 0 Å². The Morgan fingerprint density at radius 3 is 2.90 bits per heavy atom. The zero-order valence-corrected chi connectivity index (χ0v) is 12.3. The molecule has 0 bridgehead atoms. The molecule has 4 nitrogen and oxygen atoms in total. The molecule has 5 heteroatoms. The quantitative estimate of drug-likeness (QED) is 0.845. The largest absolute Gasteiger partial charge is 0.481 e. The van der Waals surface area contributed by atoms with Gasteiger partial charge in [0.1, 0.15) is 0 Å². The van der Waals surface area contributed by atoms with Crippen molar-refractivity contribution in [3.63, 3.8) is 0 Å². The van der Waals surface area contributed by atoms with E-state index in [2.05, 4.69) is 11.4 Å². The van der Waals surface area contributed by atoms with Crippen molar-refractivity contribution in [2.24, 2.45) is 0 Å². The van der Waals surface area contributed by atoms with Crippen LogP contribution in [0.2, 0.25) is 0 Å². The van der Waals surface area contributed by atoms with Crippen molar-refractivity contribution >= 4 is 23.6 Å². The molecule has 2 N–H and O–H groups in total. The summed E-state index contributed by atoms with van der Waals surface area (Å²) in [5, 5.41) is 11.5. The predicted octanol–water partition coefficient (Wildman–Crippen LogP) is 2.46. The van der Waals surface area contributed by atoms with Crippen LogP contribution in [0.5, 0.6) is 0 Å². The second kappa shape index (κ2) is 6.79. The first-order valence-electron chi connectivity index (χ1n) is 6.83. The average molecular weight is 293 g/mol. The lowest BCUT2D eigenvalue weighted by molar-refractivity contribution is -0.137. The van der Waals surface area contributed by atoms with Gasteiger partial charge in [-0.15, -0.1) is 11.8 Å². The molecule has 0 aromatic heterocycles. The maximum absolute atomic E-state index is 12.2. The molecule has 0 saturated heterocycles. The van der Waals surface area contributed by atoms with Gasteiger partial charge in [0, 0.05) is 17.4 Å². The molecule has 0 aliphatic carbocycles. The highest BCUT2D eigenvalue weighted by molar-refractivity contribution is 8.01.